The topological polar surface area (TPSA) is 49.2 Å². The van der Waals surface area contributed by atoms with Crippen molar-refractivity contribution in [1.29, 1.82) is 0 Å². The molecular weight excluding hydrogens is 346 g/mol. The van der Waals surface area contributed by atoms with Crippen molar-refractivity contribution in [1.82, 2.24) is 14.8 Å². The Morgan fingerprint density at radius 3 is 2.46 bits per heavy atom. The molecule has 0 aromatic carbocycles. The molecule has 140 valence electrons. The van der Waals surface area contributed by atoms with Crippen LogP contribution in [0.5, 0.6) is 0 Å². The molecule has 0 amide bonds. The predicted molar refractivity (Wildman–Crippen MR) is 90.8 cm³/mol. The van der Waals surface area contributed by atoms with Crippen LogP contribution in [0.15, 0.2) is 18.5 Å². The number of hydrogen-bond donors (Lipinski definition) is 0. The Balaban J connectivity index is 1.55. The van der Waals surface area contributed by atoms with Crippen LogP contribution in [-0.2, 0) is 15.9 Å². The maximum absolute atomic E-state index is 12.7. The van der Waals surface area contributed by atoms with Gasteiger partial charge in [-0.1, -0.05) is 0 Å². The van der Waals surface area contributed by atoms with Gasteiger partial charge < -0.3 is 9.31 Å². The van der Waals surface area contributed by atoms with Gasteiger partial charge in [0.05, 0.1) is 22.9 Å². The SMILES string of the molecule is CC1(C)OB([C@H]2C[C@H]2c2cc3c(cn2)cnn3CC(F)(F)F)OC1(C)C. The second-order valence-corrected chi connectivity index (χ2v) is 8.22. The van der Waals surface area contributed by atoms with Crippen LogP contribution >= 0.6 is 0 Å². The molecule has 26 heavy (non-hydrogen) atoms. The zero-order chi connectivity index (χ0) is 18.9. The van der Waals surface area contributed by atoms with Gasteiger partial charge in [0.15, 0.2) is 0 Å². The third kappa shape index (κ3) is 3.01. The van der Waals surface area contributed by atoms with E-state index >= 15 is 0 Å². The summed E-state index contributed by atoms with van der Waals surface area (Å²) in [7, 11) is -0.317. The quantitative estimate of drug-likeness (QED) is 0.771. The number of alkyl halides is 3. The second-order valence-electron chi connectivity index (χ2n) is 8.22. The van der Waals surface area contributed by atoms with Crippen LogP contribution in [0.4, 0.5) is 13.2 Å². The summed E-state index contributed by atoms with van der Waals surface area (Å²) in [6, 6.07) is 1.71. The first-order valence-electron chi connectivity index (χ1n) is 8.71. The van der Waals surface area contributed by atoms with E-state index in [0.29, 0.717) is 10.9 Å². The molecule has 0 spiro atoms. The molecule has 9 heteroatoms. The largest absolute Gasteiger partial charge is 0.461 e. The van der Waals surface area contributed by atoms with E-state index in [9.17, 15) is 13.2 Å². The van der Waals surface area contributed by atoms with Crippen LogP contribution in [0.2, 0.25) is 5.82 Å². The van der Waals surface area contributed by atoms with Crippen molar-refractivity contribution in [3.8, 4) is 0 Å². The maximum atomic E-state index is 12.7. The van der Waals surface area contributed by atoms with Gasteiger partial charge in [0.25, 0.3) is 0 Å². The molecule has 0 bridgehead atoms. The van der Waals surface area contributed by atoms with E-state index in [1.807, 2.05) is 27.7 Å². The Labute approximate surface area is 150 Å². The average molecular weight is 367 g/mol. The van der Waals surface area contributed by atoms with Crippen molar-refractivity contribution >= 4 is 18.0 Å². The van der Waals surface area contributed by atoms with Crippen LogP contribution in [0.3, 0.4) is 0 Å². The minimum Gasteiger partial charge on any atom is -0.403 e. The summed E-state index contributed by atoms with van der Waals surface area (Å²) < 4.78 is 51.3. The number of hydrogen-bond acceptors (Lipinski definition) is 4. The smallest absolute Gasteiger partial charge is 0.403 e. The Kier molecular flexibility index (Phi) is 3.73. The number of nitrogens with zero attached hydrogens (tertiary/aromatic N) is 3. The Morgan fingerprint density at radius 1 is 1.19 bits per heavy atom. The number of fused-ring (bicyclic) bond motifs is 1. The molecular formula is C17H21BF3N3O2. The lowest BCUT2D eigenvalue weighted by Crippen LogP contribution is -2.41. The van der Waals surface area contributed by atoms with Crippen LogP contribution in [0.1, 0.15) is 45.7 Å². The summed E-state index contributed by atoms with van der Waals surface area (Å²) >= 11 is 0. The number of aromatic nitrogens is 3. The van der Waals surface area contributed by atoms with Gasteiger partial charge in [-0.15, -0.1) is 0 Å². The molecule has 3 heterocycles. The van der Waals surface area contributed by atoms with Crippen molar-refractivity contribution < 1.29 is 22.5 Å². The van der Waals surface area contributed by atoms with Crippen molar-refractivity contribution in [2.75, 3.05) is 0 Å². The summed E-state index contributed by atoms with van der Waals surface area (Å²) in [5.74, 6) is 0.295. The maximum Gasteiger partial charge on any atom is 0.461 e. The van der Waals surface area contributed by atoms with E-state index in [4.69, 9.17) is 9.31 Å². The molecule has 1 saturated carbocycles. The lowest BCUT2D eigenvalue weighted by molar-refractivity contribution is -0.141. The highest BCUT2D eigenvalue weighted by Gasteiger charge is 2.60. The molecule has 0 radical (unpaired) electrons. The van der Waals surface area contributed by atoms with Crippen molar-refractivity contribution in [3.05, 3.63) is 24.2 Å². The summed E-state index contributed by atoms with van der Waals surface area (Å²) in [4.78, 5) is 4.43. The lowest BCUT2D eigenvalue weighted by atomic mass is 9.80. The van der Waals surface area contributed by atoms with Gasteiger partial charge in [0.1, 0.15) is 6.54 Å². The summed E-state index contributed by atoms with van der Waals surface area (Å²) in [5.41, 5.74) is 0.425. The molecule has 0 N–H and O–H groups in total. The zero-order valence-electron chi connectivity index (χ0n) is 15.2. The fraction of sp³-hybridized carbons (Fsp3) is 0.647. The number of rotatable bonds is 3. The molecule has 2 atom stereocenters. The van der Waals surface area contributed by atoms with Crippen molar-refractivity contribution in [2.24, 2.45) is 0 Å². The third-order valence-corrected chi connectivity index (χ3v) is 5.72. The molecule has 2 aromatic heterocycles. The first-order valence-corrected chi connectivity index (χ1v) is 8.71. The van der Waals surface area contributed by atoms with E-state index in [0.717, 1.165) is 16.8 Å². The number of pyridine rings is 1. The molecule has 4 rings (SSSR count). The van der Waals surface area contributed by atoms with Gasteiger partial charge in [-0.3, -0.25) is 9.67 Å². The van der Waals surface area contributed by atoms with E-state index in [2.05, 4.69) is 10.1 Å². The van der Waals surface area contributed by atoms with E-state index in [1.54, 1.807) is 12.3 Å². The van der Waals surface area contributed by atoms with Crippen LogP contribution in [0, 0.1) is 0 Å². The Morgan fingerprint density at radius 2 is 1.85 bits per heavy atom. The fourth-order valence-corrected chi connectivity index (χ4v) is 3.41. The standard InChI is InChI=1S/C17H21BF3N3O2/c1-15(2)16(3,4)26-18(25-15)12-5-11(12)13-6-14-10(7-22-13)8-23-24(14)9-17(19,20)21/h6-8,11-12H,5,9H2,1-4H3/t11-,12+/m1/s1. The van der Waals surface area contributed by atoms with Gasteiger partial charge in [-0.05, 0) is 40.2 Å². The summed E-state index contributed by atoms with van der Waals surface area (Å²) in [6.45, 7) is 6.91. The highest BCUT2D eigenvalue weighted by Crippen LogP contribution is 2.58. The van der Waals surface area contributed by atoms with Gasteiger partial charge in [-0.2, -0.15) is 18.3 Å². The minimum absolute atomic E-state index is 0.128. The van der Waals surface area contributed by atoms with Gasteiger partial charge >= 0.3 is 13.3 Å². The monoisotopic (exact) mass is 367 g/mol. The van der Waals surface area contributed by atoms with E-state index < -0.39 is 23.9 Å². The van der Waals surface area contributed by atoms with Gasteiger partial charge in [0, 0.05) is 29.0 Å². The zero-order valence-corrected chi connectivity index (χ0v) is 15.2. The first-order chi connectivity index (χ1) is 12.0. The molecule has 2 aromatic rings. The average Bonchev–Trinajstić information content (AvgIpc) is 3.16. The highest BCUT2D eigenvalue weighted by atomic mass is 19.4. The molecule has 0 unspecified atom stereocenters. The Hall–Kier alpha value is -1.61. The summed E-state index contributed by atoms with van der Waals surface area (Å²) in [6.07, 6.45) is -0.462. The normalized spacial score (nSPS) is 27.3. The molecule has 1 saturated heterocycles. The lowest BCUT2D eigenvalue weighted by Gasteiger charge is -2.32. The second kappa shape index (κ2) is 5.45. The van der Waals surface area contributed by atoms with E-state index in [-0.39, 0.29) is 18.9 Å². The van der Waals surface area contributed by atoms with Crippen LogP contribution in [0.25, 0.3) is 10.9 Å². The van der Waals surface area contributed by atoms with Crippen molar-refractivity contribution in [2.45, 2.75) is 69.8 Å². The fourth-order valence-electron chi connectivity index (χ4n) is 3.41. The van der Waals surface area contributed by atoms with E-state index in [1.165, 1.54) is 6.20 Å². The minimum atomic E-state index is -4.31. The summed E-state index contributed by atoms with van der Waals surface area (Å²) in [5, 5.41) is 4.45. The number of halogens is 3. The van der Waals surface area contributed by atoms with Gasteiger partial charge in [-0.25, -0.2) is 0 Å². The predicted octanol–water partition coefficient (Wildman–Crippen LogP) is 3.94. The van der Waals surface area contributed by atoms with Gasteiger partial charge in [0.2, 0.25) is 0 Å². The highest BCUT2D eigenvalue weighted by molar-refractivity contribution is 6.49. The van der Waals surface area contributed by atoms with Crippen LogP contribution < -0.4 is 0 Å². The van der Waals surface area contributed by atoms with Crippen molar-refractivity contribution in [3.63, 3.8) is 0 Å². The molecule has 1 aliphatic heterocycles. The molecule has 5 nitrogen and oxygen atoms in total. The van der Waals surface area contributed by atoms with Crippen LogP contribution in [-0.4, -0.2) is 39.3 Å². The Bertz CT molecular complexity index is 833. The molecule has 2 fully saturated rings. The molecule has 1 aliphatic carbocycles. The first kappa shape index (κ1) is 17.8. The molecule has 2 aliphatic rings. The third-order valence-electron chi connectivity index (χ3n) is 5.72.